The predicted octanol–water partition coefficient (Wildman–Crippen LogP) is 7.68. The molecule has 0 bridgehead atoms. The topological polar surface area (TPSA) is 20.3 Å². The van der Waals surface area contributed by atoms with E-state index in [2.05, 4.69) is 48.5 Å². The Morgan fingerprint density at radius 2 is 1.27 bits per heavy atom. The molecule has 2 aromatic carbocycles. The molecule has 0 unspecified atom stereocenters. The van der Waals surface area contributed by atoms with Crippen molar-refractivity contribution in [3.63, 3.8) is 0 Å². The monoisotopic (exact) mass is 431 g/mol. The number of benzene rings is 2. The predicted molar refractivity (Wildman–Crippen MR) is 118 cm³/mol. The Balaban J connectivity index is 0.000000284. The molecule has 2 rings (SSSR count). The van der Waals surface area contributed by atoms with E-state index >= 15 is 0 Å². The number of amides is 1. The first-order valence-corrected chi connectivity index (χ1v) is 10.4. The molecule has 0 fully saturated rings. The summed E-state index contributed by atoms with van der Waals surface area (Å²) < 4.78 is 0.0163. The lowest BCUT2D eigenvalue weighted by atomic mass is 10.1. The summed E-state index contributed by atoms with van der Waals surface area (Å²) in [6.45, 7) is 7.91. The van der Waals surface area contributed by atoms with Crippen LogP contribution in [0, 0.1) is 0 Å². The smallest absolute Gasteiger partial charge is 0.282 e. The highest BCUT2D eigenvalue weighted by atomic mass is 35.5. The summed E-state index contributed by atoms with van der Waals surface area (Å²) in [5.74, 6) is 0.304. The van der Waals surface area contributed by atoms with Crippen molar-refractivity contribution in [2.45, 2.75) is 39.8 Å². The summed E-state index contributed by atoms with van der Waals surface area (Å²) in [7, 11) is 0. The first kappa shape index (κ1) is 23.2. The van der Waals surface area contributed by atoms with Crippen LogP contribution in [0.4, 0.5) is 4.79 Å². The van der Waals surface area contributed by atoms with Gasteiger partial charge >= 0.3 is 0 Å². The number of thioether (sulfide) groups is 1. The van der Waals surface area contributed by atoms with Crippen LogP contribution < -0.4 is 0 Å². The SMILES string of the molecule is CC(C)N(C(=O)SCC(Cl)=C(Cl)Cl)C(C)C.c1ccc2ccccc2c1. The van der Waals surface area contributed by atoms with Crippen LogP contribution in [0.1, 0.15) is 27.7 Å². The van der Waals surface area contributed by atoms with Crippen LogP contribution in [-0.4, -0.2) is 28.0 Å². The molecule has 0 heterocycles. The molecule has 6 heteroatoms. The van der Waals surface area contributed by atoms with Crippen LogP contribution in [0.5, 0.6) is 0 Å². The largest absolute Gasteiger partial charge is 0.329 e. The van der Waals surface area contributed by atoms with Crippen LogP contribution in [-0.2, 0) is 0 Å². The van der Waals surface area contributed by atoms with Crippen LogP contribution in [0.2, 0.25) is 0 Å². The lowest BCUT2D eigenvalue weighted by Crippen LogP contribution is -2.39. The molecule has 0 aliphatic heterocycles. The number of halogens is 3. The Hall–Kier alpha value is -0.870. The second-order valence-corrected chi connectivity index (χ2v) is 8.49. The molecule has 0 N–H and O–H groups in total. The van der Waals surface area contributed by atoms with E-state index in [1.165, 1.54) is 10.8 Å². The van der Waals surface area contributed by atoms with Gasteiger partial charge in [-0.15, -0.1) is 0 Å². The van der Waals surface area contributed by atoms with E-state index in [0.29, 0.717) is 10.8 Å². The molecule has 0 radical (unpaired) electrons. The zero-order valence-electron chi connectivity index (χ0n) is 15.4. The molecule has 0 aliphatic rings. The summed E-state index contributed by atoms with van der Waals surface area (Å²) in [4.78, 5) is 13.7. The number of hydrogen-bond donors (Lipinski definition) is 0. The normalized spacial score (nSPS) is 10.5. The van der Waals surface area contributed by atoms with Gasteiger partial charge in [-0.25, -0.2) is 0 Å². The molecular weight excluding hydrogens is 409 g/mol. The quantitative estimate of drug-likeness (QED) is 0.493. The Morgan fingerprint density at radius 1 is 0.885 bits per heavy atom. The van der Waals surface area contributed by atoms with E-state index in [9.17, 15) is 4.79 Å². The van der Waals surface area contributed by atoms with E-state index in [1.54, 1.807) is 4.90 Å². The fourth-order valence-corrected chi connectivity index (χ4v) is 3.83. The highest BCUT2D eigenvalue weighted by Gasteiger charge is 2.20. The van der Waals surface area contributed by atoms with E-state index in [0.717, 1.165) is 11.8 Å². The maximum atomic E-state index is 11.9. The Kier molecular flexibility index (Phi) is 10.5. The fraction of sp³-hybridized carbons (Fsp3) is 0.350. The molecule has 0 saturated carbocycles. The van der Waals surface area contributed by atoms with Gasteiger partial charge in [-0.2, -0.15) is 0 Å². The van der Waals surface area contributed by atoms with Crippen molar-refractivity contribution in [2.75, 3.05) is 5.75 Å². The lowest BCUT2D eigenvalue weighted by Gasteiger charge is -2.30. The van der Waals surface area contributed by atoms with Crippen molar-refractivity contribution in [1.29, 1.82) is 0 Å². The van der Waals surface area contributed by atoms with Gasteiger partial charge in [0.15, 0.2) is 0 Å². The van der Waals surface area contributed by atoms with Gasteiger partial charge in [0, 0.05) is 17.8 Å². The van der Waals surface area contributed by atoms with Gasteiger partial charge in [-0.3, -0.25) is 4.79 Å². The van der Waals surface area contributed by atoms with E-state index < -0.39 is 0 Å². The molecule has 2 aromatic rings. The molecule has 0 aliphatic carbocycles. The molecule has 1 amide bonds. The van der Waals surface area contributed by atoms with Crippen molar-refractivity contribution >= 4 is 62.6 Å². The Labute approximate surface area is 175 Å². The lowest BCUT2D eigenvalue weighted by molar-refractivity contribution is 0.190. The van der Waals surface area contributed by atoms with Crippen LogP contribution in [0.25, 0.3) is 10.8 Å². The Morgan fingerprint density at radius 3 is 1.58 bits per heavy atom. The first-order valence-electron chi connectivity index (χ1n) is 8.32. The van der Waals surface area contributed by atoms with Crippen LogP contribution >= 0.6 is 46.6 Å². The molecule has 0 saturated heterocycles. The minimum Gasteiger partial charge on any atom is -0.329 e. The number of carbonyl (C=O) groups is 1. The second kappa shape index (κ2) is 11.8. The first-order chi connectivity index (χ1) is 12.2. The number of hydrogen-bond acceptors (Lipinski definition) is 2. The van der Waals surface area contributed by atoms with E-state index in [1.807, 2.05) is 27.7 Å². The number of rotatable bonds is 4. The Bertz CT molecular complexity index is 669. The zero-order valence-corrected chi connectivity index (χ0v) is 18.5. The van der Waals surface area contributed by atoms with Crippen LogP contribution in [0.3, 0.4) is 0 Å². The second-order valence-electron chi connectivity index (χ2n) is 6.16. The van der Waals surface area contributed by atoms with Gasteiger partial charge in [0.1, 0.15) is 4.49 Å². The minimum atomic E-state index is -0.0160. The van der Waals surface area contributed by atoms with Crippen molar-refractivity contribution in [3.05, 3.63) is 58.1 Å². The molecule has 0 spiro atoms. The van der Waals surface area contributed by atoms with Crippen molar-refractivity contribution in [3.8, 4) is 0 Å². The molecule has 2 nitrogen and oxygen atoms in total. The molecule has 142 valence electrons. The van der Waals surface area contributed by atoms with Crippen molar-refractivity contribution in [1.82, 2.24) is 4.90 Å². The summed E-state index contributed by atoms with van der Waals surface area (Å²) in [5.41, 5.74) is 0. The molecule has 26 heavy (non-hydrogen) atoms. The maximum absolute atomic E-state index is 11.9. The third-order valence-corrected chi connectivity index (χ3v) is 5.53. The van der Waals surface area contributed by atoms with Gasteiger partial charge in [-0.05, 0) is 38.5 Å². The van der Waals surface area contributed by atoms with E-state index in [4.69, 9.17) is 34.8 Å². The van der Waals surface area contributed by atoms with Crippen molar-refractivity contribution < 1.29 is 4.79 Å². The summed E-state index contributed by atoms with van der Waals surface area (Å²) >= 11 is 17.8. The average Bonchev–Trinajstić information content (AvgIpc) is 2.59. The number of carbonyl (C=O) groups excluding carboxylic acids is 1. The van der Waals surface area contributed by atoms with Gasteiger partial charge in [0.2, 0.25) is 0 Å². The maximum Gasteiger partial charge on any atom is 0.282 e. The summed E-state index contributed by atoms with van der Waals surface area (Å²) in [6.07, 6.45) is 0. The number of fused-ring (bicyclic) bond motifs is 1. The van der Waals surface area contributed by atoms with Crippen molar-refractivity contribution in [2.24, 2.45) is 0 Å². The summed E-state index contributed by atoms with van der Waals surface area (Å²) in [5, 5.41) is 2.90. The molecule has 0 atom stereocenters. The highest BCUT2D eigenvalue weighted by Crippen LogP contribution is 2.24. The van der Waals surface area contributed by atoms with Gasteiger partial charge in [-0.1, -0.05) is 95.1 Å². The fourth-order valence-electron chi connectivity index (χ4n) is 2.41. The third-order valence-electron chi connectivity index (χ3n) is 3.51. The standard InChI is InChI=1S/C10H16Cl3NOS.C10H8/c1-6(2)14(7(3)4)10(15)16-5-8(11)9(12)13;1-2-6-10-8-4-3-7-9(10)5-1/h6-7H,5H2,1-4H3;1-8H. The minimum absolute atomic E-state index is 0.0160. The van der Waals surface area contributed by atoms with Gasteiger partial charge in [0.05, 0.1) is 5.03 Å². The third kappa shape index (κ3) is 7.79. The highest BCUT2D eigenvalue weighted by molar-refractivity contribution is 8.13. The number of nitrogens with zero attached hydrogens (tertiary/aromatic N) is 1. The molecule has 0 aromatic heterocycles. The average molecular weight is 433 g/mol. The zero-order chi connectivity index (χ0) is 19.7. The van der Waals surface area contributed by atoms with E-state index in [-0.39, 0.29) is 21.8 Å². The van der Waals surface area contributed by atoms with Crippen LogP contribution in [0.15, 0.2) is 58.1 Å². The summed E-state index contributed by atoms with van der Waals surface area (Å²) in [6, 6.07) is 17.0. The van der Waals surface area contributed by atoms with Gasteiger partial charge in [0.25, 0.3) is 5.24 Å². The van der Waals surface area contributed by atoms with Gasteiger partial charge < -0.3 is 4.90 Å². The molecular formula is C20H24Cl3NOS.